The van der Waals surface area contributed by atoms with Gasteiger partial charge in [0, 0.05) is 0 Å². The summed E-state index contributed by atoms with van der Waals surface area (Å²) in [7, 11) is 0. The zero-order valence-corrected chi connectivity index (χ0v) is 18.3. The second-order valence-electron chi connectivity index (χ2n) is 6.19. The van der Waals surface area contributed by atoms with E-state index in [2.05, 4.69) is 25.8 Å². The Labute approximate surface area is 191 Å². The van der Waals surface area contributed by atoms with Gasteiger partial charge in [-0.15, -0.1) is 10.2 Å². The molecule has 32 heavy (non-hydrogen) atoms. The molecule has 0 bridgehead atoms. The first-order chi connectivity index (χ1) is 15.3. The second kappa shape index (κ2) is 9.22. The fourth-order valence-corrected chi connectivity index (χ4v) is 5.05. The van der Waals surface area contributed by atoms with Crippen LogP contribution in [0.15, 0.2) is 52.9 Å². The van der Waals surface area contributed by atoms with Gasteiger partial charge in [-0.2, -0.15) is 13.2 Å². The van der Waals surface area contributed by atoms with Crippen molar-refractivity contribution in [3.05, 3.63) is 59.7 Å². The molecule has 0 aliphatic carbocycles. The van der Waals surface area contributed by atoms with Crippen LogP contribution in [0, 0.1) is 0 Å². The summed E-state index contributed by atoms with van der Waals surface area (Å²) >= 11 is 3.39. The van der Waals surface area contributed by atoms with Crippen molar-refractivity contribution in [3.8, 4) is 0 Å². The smallest absolute Gasteiger partial charge is 0.301 e. The highest BCUT2D eigenvalue weighted by molar-refractivity contribution is 8.01. The van der Waals surface area contributed by atoms with E-state index in [4.69, 9.17) is 0 Å². The molecule has 0 radical (unpaired) electrons. The SMILES string of the molecule is O=C(CSc1nnc(NC(=O)c2ccccc2C(F)(F)F)s1)Nc1nc2ccccc2s1. The largest absolute Gasteiger partial charge is 0.417 e. The van der Waals surface area contributed by atoms with Gasteiger partial charge < -0.3 is 5.32 Å². The normalized spacial score (nSPS) is 11.5. The van der Waals surface area contributed by atoms with Crippen molar-refractivity contribution in [1.82, 2.24) is 15.2 Å². The number of rotatable bonds is 6. The van der Waals surface area contributed by atoms with Crippen LogP contribution >= 0.6 is 34.4 Å². The van der Waals surface area contributed by atoms with Crippen LogP contribution in [-0.2, 0) is 11.0 Å². The zero-order valence-electron chi connectivity index (χ0n) is 15.8. The van der Waals surface area contributed by atoms with Gasteiger partial charge in [-0.1, -0.05) is 58.7 Å². The Hall–Kier alpha value is -3.03. The molecule has 2 N–H and O–H groups in total. The number of hydrogen-bond donors (Lipinski definition) is 2. The fourth-order valence-electron chi connectivity index (χ4n) is 2.62. The summed E-state index contributed by atoms with van der Waals surface area (Å²) in [5.74, 6) is -1.22. The molecule has 0 fully saturated rings. The Balaban J connectivity index is 1.34. The van der Waals surface area contributed by atoms with Crippen LogP contribution in [0.4, 0.5) is 23.4 Å². The maximum atomic E-state index is 13.1. The minimum atomic E-state index is -4.66. The molecule has 4 rings (SSSR count). The summed E-state index contributed by atoms with van der Waals surface area (Å²) in [6.45, 7) is 0. The average Bonchev–Trinajstić information content (AvgIpc) is 3.37. The first kappa shape index (κ1) is 22.2. The quantitative estimate of drug-likeness (QED) is 0.284. The van der Waals surface area contributed by atoms with Crippen molar-refractivity contribution >= 4 is 66.7 Å². The number of benzene rings is 2. The molecule has 0 atom stereocenters. The minimum Gasteiger partial charge on any atom is -0.301 e. The number of para-hydroxylation sites is 1. The molecule has 0 aliphatic rings. The van der Waals surface area contributed by atoms with Crippen molar-refractivity contribution in [2.75, 3.05) is 16.4 Å². The lowest BCUT2D eigenvalue weighted by atomic mass is 10.1. The Kier molecular flexibility index (Phi) is 6.39. The summed E-state index contributed by atoms with van der Waals surface area (Å²) < 4.78 is 40.6. The summed E-state index contributed by atoms with van der Waals surface area (Å²) in [5.41, 5.74) is -0.764. The monoisotopic (exact) mass is 495 g/mol. The number of nitrogens with zero attached hydrogens (tertiary/aromatic N) is 3. The molecule has 0 spiro atoms. The van der Waals surface area contributed by atoms with E-state index >= 15 is 0 Å². The Bertz CT molecular complexity index is 1260. The van der Waals surface area contributed by atoms with Crippen molar-refractivity contribution in [1.29, 1.82) is 0 Å². The van der Waals surface area contributed by atoms with Crippen LogP contribution in [-0.4, -0.2) is 32.7 Å². The summed E-state index contributed by atoms with van der Waals surface area (Å²) in [6.07, 6.45) is -4.66. The van der Waals surface area contributed by atoms with Gasteiger partial charge in [0.25, 0.3) is 5.91 Å². The molecule has 13 heteroatoms. The molecule has 2 aromatic carbocycles. The highest BCUT2D eigenvalue weighted by atomic mass is 32.2. The Morgan fingerprint density at radius 2 is 1.69 bits per heavy atom. The first-order valence-corrected chi connectivity index (χ1v) is 11.5. The molecule has 0 saturated carbocycles. The zero-order chi connectivity index (χ0) is 22.7. The fraction of sp³-hybridized carbons (Fsp3) is 0.105. The number of nitrogens with one attached hydrogen (secondary N) is 2. The van der Waals surface area contributed by atoms with Gasteiger partial charge in [0.2, 0.25) is 11.0 Å². The number of thiazole rings is 1. The third-order valence-corrected chi connectivity index (χ3v) is 6.89. The van der Waals surface area contributed by atoms with E-state index in [0.717, 1.165) is 45.4 Å². The van der Waals surface area contributed by atoms with Gasteiger partial charge in [0.15, 0.2) is 9.47 Å². The first-order valence-electron chi connectivity index (χ1n) is 8.89. The van der Waals surface area contributed by atoms with Crippen molar-refractivity contribution in [3.63, 3.8) is 0 Å². The van der Waals surface area contributed by atoms with Gasteiger partial charge in [-0.05, 0) is 24.3 Å². The molecule has 2 aromatic heterocycles. The van der Waals surface area contributed by atoms with Gasteiger partial charge >= 0.3 is 6.18 Å². The summed E-state index contributed by atoms with van der Waals surface area (Å²) in [4.78, 5) is 28.8. The van der Waals surface area contributed by atoms with Crippen LogP contribution in [0.1, 0.15) is 15.9 Å². The molecule has 164 valence electrons. The lowest BCUT2D eigenvalue weighted by Crippen LogP contribution is -2.18. The van der Waals surface area contributed by atoms with Gasteiger partial charge in [-0.25, -0.2) is 4.98 Å². The third kappa shape index (κ3) is 5.23. The minimum absolute atomic E-state index is 0.0232. The van der Waals surface area contributed by atoms with Gasteiger partial charge in [0.05, 0.1) is 27.1 Å². The number of anilines is 2. The lowest BCUT2D eigenvalue weighted by Gasteiger charge is -2.11. The number of fused-ring (bicyclic) bond motifs is 1. The number of aromatic nitrogens is 3. The number of hydrogen-bond acceptors (Lipinski definition) is 8. The Morgan fingerprint density at radius 1 is 0.938 bits per heavy atom. The third-order valence-electron chi connectivity index (χ3n) is 3.97. The van der Waals surface area contributed by atoms with Crippen LogP contribution < -0.4 is 10.6 Å². The molecule has 4 aromatic rings. The summed E-state index contributed by atoms with van der Waals surface area (Å²) in [5, 5.41) is 13.1. The van der Waals surface area contributed by atoms with E-state index < -0.39 is 23.2 Å². The van der Waals surface area contributed by atoms with E-state index in [0.29, 0.717) is 9.47 Å². The van der Waals surface area contributed by atoms with E-state index in [1.807, 2.05) is 24.3 Å². The molecule has 7 nitrogen and oxygen atoms in total. The predicted molar refractivity (Wildman–Crippen MR) is 118 cm³/mol. The molecule has 0 saturated heterocycles. The maximum absolute atomic E-state index is 13.1. The second-order valence-corrected chi connectivity index (χ2v) is 9.42. The average molecular weight is 496 g/mol. The number of amides is 2. The number of carbonyl (C=O) groups excluding carboxylic acids is 2. The maximum Gasteiger partial charge on any atom is 0.417 e. The molecular weight excluding hydrogens is 483 g/mol. The molecule has 0 aliphatic heterocycles. The van der Waals surface area contributed by atoms with E-state index in [1.54, 1.807) is 0 Å². The van der Waals surface area contributed by atoms with E-state index in [-0.39, 0.29) is 16.8 Å². The Morgan fingerprint density at radius 3 is 2.47 bits per heavy atom. The predicted octanol–water partition coefficient (Wildman–Crippen LogP) is 5.15. The molecule has 2 amide bonds. The van der Waals surface area contributed by atoms with Crippen LogP contribution in [0.2, 0.25) is 0 Å². The highest BCUT2D eigenvalue weighted by Crippen LogP contribution is 2.33. The standard InChI is InChI=1S/C19H12F3N5O2S3/c20-19(21,22)11-6-2-1-5-10(11)15(29)25-17-26-27-18(32-17)30-9-14(28)24-16-23-12-7-3-4-8-13(12)31-16/h1-8H,9H2,(H,23,24,28)(H,25,26,29). The summed E-state index contributed by atoms with van der Waals surface area (Å²) in [6, 6.07) is 12.0. The van der Waals surface area contributed by atoms with Crippen molar-refractivity contribution < 1.29 is 22.8 Å². The molecule has 0 unspecified atom stereocenters. The molecular formula is C19H12F3N5O2S3. The van der Waals surface area contributed by atoms with E-state index in [9.17, 15) is 22.8 Å². The lowest BCUT2D eigenvalue weighted by molar-refractivity contribution is -0.137. The van der Waals surface area contributed by atoms with Crippen molar-refractivity contribution in [2.24, 2.45) is 0 Å². The van der Waals surface area contributed by atoms with Crippen LogP contribution in [0.25, 0.3) is 10.2 Å². The number of thioether (sulfide) groups is 1. The number of alkyl halides is 3. The number of halogens is 3. The van der Waals surface area contributed by atoms with Crippen molar-refractivity contribution in [2.45, 2.75) is 10.5 Å². The van der Waals surface area contributed by atoms with Gasteiger partial charge in [0.1, 0.15) is 0 Å². The number of carbonyl (C=O) groups is 2. The van der Waals surface area contributed by atoms with E-state index in [1.165, 1.54) is 23.5 Å². The topological polar surface area (TPSA) is 96.9 Å². The van der Waals surface area contributed by atoms with Crippen LogP contribution in [0.5, 0.6) is 0 Å². The highest BCUT2D eigenvalue weighted by Gasteiger charge is 2.35. The van der Waals surface area contributed by atoms with Crippen LogP contribution in [0.3, 0.4) is 0 Å². The molecule has 2 heterocycles. The van der Waals surface area contributed by atoms with Gasteiger partial charge in [-0.3, -0.25) is 14.9 Å².